The van der Waals surface area contributed by atoms with E-state index in [1.165, 1.54) is 75.6 Å². The third kappa shape index (κ3) is 9.20. The Bertz CT molecular complexity index is 768. The highest BCUT2D eigenvalue weighted by molar-refractivity contribution is 5.80. The number of hydrogen-bond donors (Lipinski definition) is 3. The molecule has 4 rings (SSSR count). The van der Waals surface area contributed by atoms with Gasteiger partial charge in [-0.25, -0.2) is 0 Å². The highest BCUT2D eigenvalue weighted by atomic mass is 35.5. The van der Waals surface area contributed by atoms with E-state index < -0.39 is 23.8 Å². The van der Waals surface area contributed by atoms with Gasteiger partial charge in [-0.1, -0.05) is 49.6 Å². The van der Waals surface area contributed by atoms with Crippen molar-refractivity contribution < 1.29 is 54.8 Å². The van der Waals surface area contributed by atoms with Crippen molar-refractivity contribution in [2.24, 2.45) is 17.3 Å². The number of nitrogens with zero attached hydrogens (tertiary/aromatic N) is 1. The number of unbranched alkanes of at least 4 members (excludes halogenated alkanes) is 4. The SMILES string of the molecule is [Cl-].[Cl-].[NH3+]CCCC12CC[N+](CCCCCCC[C@@H](C(=O)O)[C@H](Cc3ccccc3)C(=O)O)(CC1)CC2. The molecule has 3 saturated heterocycles. The molecule has 6 nitrogen and oxygen atoms in total. The summed E-state index contributed by atoms with van der Waals surface area (Å²) >= 11 is 0. The van der Waals surface area contributed by atoms with Gasteiger partial charge in [0.05, 0.1) is 44.6 Å². The molecular weight excluding hydrogens is 499 g/mol. The van der Waals surface area contributed by atoms with E-state index in [2.05, 4.69) is 5.73 Å². The molecule has 36 heavy (non-hydrogen) atoms. The van der Waals surface area contributed by atoms with Gasteiger partial charge in [0.2, 0.25) is 0 Å². The molecule has 0 aromatic heterocycles. The van der Waals surface area contributed by atoms with Gasteiger partial charge in [-0.3, -0.25) is 9.59 Å². The number of hydrogen-bond acceptors (Lipinski definition) is 2. The minimum absolute atomic E-state index is 0. The average molecular weight is 546 g/mol. The maximum absolute atomic E-state index is 11.9. The van der Waals surface area contributed by atoms with E-state index >= 15 is 0 Å². The number of rotatable bonds is 16. The smallest absolute Gasteiger partial charge is 0.307 e. The summed E-state index contributed by atoms with van der Waals surface area (Å²) in [5.41, 5.74) is 5.54. The number of halogens is 2. The zero-order valence-electron chi connectivity index (χ0n) is 21.7. The largest absolute Gasteiger partial charge is 1.00 e. The van der Waals surface area contributed by atoms with Crippen molar-refractivity contribution in [2.45, 2.75) is 77.0 Å². The maximum Gasteiger partial charge on any atom is 0.307 e. The molecule has 5 N–H and O–H groups in total. The van der Waals surface area contributed by atoms with Crippen LogP contribution in [-0.2, 0) is 16.0 Å². The lowest BCUT2D eigenvalue weighted by Crippen LogP contribution is -3.00. The fourth-order valence-electron chi connectivity index (χ4n) is 6.45. The standard InChI is InChI=1S/C28H44N2O4.2ClH/c29-17-9-13-28-14-19-30(20-15-28,21-16-28)18-8-3-1-2-7-12-24(26(31)32)25(27(33)34)22-23-10-5-4-6-11-23;;/h4-6,10-11,24-25H,1-3,7-9,12-22,29H2,(H-,31,32,33,34);2*1H/t24-,25+,28?,30?;;/m1../s1. The number of fused-ring (bicyclic) bond motifs is 3. The molecule has 3 aliphatic rings. The number of carboxylic acids is 2. The molecule has 8 heteroatoms. The first-order valence-corrected chi connectivity index (χ1v) is 13.5. The zero-order valence-corrected chi connectivity index (χ0v) is 23.2. The fraction of sp³-hybridized carbons (Fsp3) is 0.714. The van der Waals surface area contributed by atoms with Crippen molar-refractivity contribution in [2.75, 3.05) is 32.7 Å². The maximum atomic E-state index is 11.9. The van der Waals surface area contributed by atoms with Gasteiger partial charge >= 0.3 is 11.9 Å². The van der Waals surface area contributed by atoms with Gasteiger partial charge in [-0.2, -0.15) is 0 Å². The molecule has 0 aliphatic carbocycles. The van der Waals surface area contributed by atoms with Crippen molar-refractivity contribution in [1.29, 1.82) is 0 Å². The van der Waals surface area contributed by atoms with Crippen LogP contribution in [0.4, 0.5) is 0 Å². The Morgan fingerprint density at radius 2 is 1.39 bits per heavy atom. The number of benzene rings is 1. The van der Waals surface area contributed by atoms with Crippen molar-refractivity contribution in [3.63, 3.8) is 0 Å². The number of carbonyl (C=O) groups is 2. The van der Waals surface area contributed by atoms with Crippen LogP contribution >= 0.6 is 0 Å². The average Bonchev–Trinajstić information content (AvgIpc) is 2.85. The van der Waals surface area contributed by atoms with E-state index in [1.807, 2.05) is 30.3 Å². The van der Waals surface area contributed by atoms with Crippen LogP contribution < -0.4 is 30.5 Å². The predicted molar refractivity (Wildman–Crippen MR) is 133 cm³/mol. The van der Waals surface area contributed by atoms with Gasteiger partial charge in [0, 0.05) is 19.3 Å². The summed E-state index contributed by atoms with van der Waals surface area (Å²) < 4.78 is 1.33. The number of aliphatic carboxylic acids is 2. The summed E-state index contributed by atoms with van der Waals surface area (Å²) in [6.45, 7) is 6.43. The number of quaternary nitrogens is 2. The molecule has 3 aliphatic heterocycles. The molecular formula is C28H46Cl2N2O4. The van der Waals surface area contributed by atoms with E-state index in [0.717, 1.165) is 31.4 Å². The lowest BCUT2D eigenvalue weighted by atomic mass is 9.68. The molecule has 0 unspecified atom stereocenters. The monoisotopic (exact) mass is 544 g/mol. The normalized spacial score (nSPS) is 24.2. The third-order valence-corrected chi connectivity index (χ3v) is 8.87. The lowest BCUT2D eigenvalue weighted by molar-refractivity contribution is -0.945. The van der Waals surface area contributed by atoms with Gasteiger partial charge in [0.1, 0.15) is 0 Å². The molecule has 0 spiro atoms. The van der Waals surface area contributed by atoms with Crippen LogP contribution in [0.3, 0.4) is 0 Å². The first kappa shape index (κ1) is 32.7. The Kier molecular flexibility index (Phi) is 14.4. The van der Waals surface area contributed by atoms with Gasteiger partial charge < -0.3 is 45.2 Å². The van der Waals surface area contributed by atoms with Crippen LogP contribution in [0.25, 0.3) is 0 Å². The van der Waals surface area contributed by atoms with Crippen LogP contribution in [-0.4, -0.2) is 59.4 Å². The topological polar surface area (TPSA) is 102 Å². The lowest BCUT2D eigenvalue weighted by Gasteiger charge is -2.55. The van der Waals surface area contributed by atoms with Crippen molar-refractivity contribution in [1.82, 2.24) is 0 Å². The van der Waals surface area contributed by atoms with Gasteiger partial charge in [0.15, 0.2) is 0 Å². The summed E-state index contributed by atoms with van der Waals surface area (Å²) in [5.74, 6) is -3.71. The second-order valence-corrected chi connectivity index (χ2v) is 11.1. The second kappa shape index (κ2) is 15.8. The predicted octanol–water partition coefficient (Wildman–Crippen LogP) is -2.00. The van der Waals surface area contributed by atoms with Crippen LogP contribution in [0.2, 0.25) is 0 Å². The van der Waals surface area contributed by atoms with Crippen molar-refractivity contribution in [3.8, 4) is 0 Å². The summed E-state index contributed by atoms with van der Waals surface area (Å²) in [4.78, 5) is 23.7. The molecule has 2 bridgehead atoms. The Morgan fingerprint density at radius 3 is 1.94 bits per heavy atom. The van der Waals surface area contributed by atoms with Crippen molar-refractivity contribution >= 4 is 11.9 Å². The van der Waals surface area contributed by atoms with Crippen LogP contribution in [0.15, 0.2) is 30.3 Å². The molecule has 0 amide bonds. The van der Waals surface area contributed by atoms with Crippen molar-refractivity contribution in [3.05, 3.63) is 35.9 Å². The summed E-state index contributed by atoms with van der Waals surface area (Å²) in [5, 5.41) is 19.4. The molecule has 3 heterocycles. The minimum Gasteiger partial charge on any atom is -1.00 e. The first-order chi connectivity index (χ1) is 16.4. The van der Waals surface area contributed by atoms with E-state index in [9.17, 15) is 19.8 Å². The summed E-state index contributed by atoms with van der Waals surface area (Å²) in [7, 11) is 0. The van der Waals surface area contributed by atoms with Gasteiger partial charge in [-0.05, 0) is 49.5 Å². The fourth-order valence-corrected chi connectivity index (χ4v) is 6.45. The Balaban J connectivity index is 0.00000324. The van der Waals surface area contributed by atoms with Gasteiger partial charge in [0.25, 0.3) is 0 Å². The third-order valence-electron chi connectivity index (χ3n) is 8.87. The summed E-state index contributed by atoms with van der Waals surface area (Å²) in [6, 6.07) is 9.35. The van der Waals surface area contributed by atoms with Gasteiger partial charge in [-0.15, -0.1) is 0 Å². The Hall–Kier alpha value is -1.34. The van der Waals surface area contributed by atoms with E-state index in [-0.39, 0.29) is 31.2 Å². The van der Waals surface area contributed by atoms with Crippen LogP contribution in [0.1, 0.15) is 76.2 Å². The first-order valence-electron chi connectivity index (χ1n) is 13.5. The van der Waals surface area contributed by atoms with E-state index in [1.54, 1.807) is 0 Å². The molecule has 0 saturated carbocycles. The highest BCUT2D eigenvalue weighted by Gasteiger charge is 2.47. The van der Waals surface area contributed by atoms with Crippen LogP contribution in [0.5, 0.6) is 0 Å². The molecule has 3 fully saturated rings. The molecule has 2 atom stereocenters. The Labute approximate surface area is 229 Å². The minimum atomic E-state index is -1.01. The van der Waals surface area contributed by atoms with E-state index in [0.29, 0.717) is 11.8 Å². The summed E-state index contributed by atoms with van der Waals surface area (Å²) in [6.07, 6.45) is 12.9. The van der Waals surface area contributed by atoms with E-state index in [4.69, 9.17) is 0 Å². The molecule has 0 radical (unpaired) electrons. The number of carboxylic acid groups (broad SMARTS) is 2. The molecule has 1 aromatic rings. The number of piperidine rings is 3. The highest BCUT2D eigenvalue weighted by Crippen LogP contribution is 2.47. The Morgan fingerprint density at radius 1 is 0.833 bits per heavy atom. The quantitative estimate of drug-likeness (QED) is 0.165. The van der Waals surface area contributed by atoms with Crippen LogP contribution in [0, 0.1) is 17.3 Å². The molecule has 1 aromatic carbocycles. The zero-order chi connectivity index (χ0) is 24.4. The second-order valence-electron chi connectivity index (χ2n) is 11.1. The molecule has 206 valence electrons.